The van der Waals surface area contributed by atoms with Crippen LogP contribution in [0.4, 0.5) is 0 Å². The number of hydrogen-bond donors (Lipinski definition) is 0. The van der Waals surface area contributed by atoms with Gasteiger partial charge in [-0.25, -0.2) is 4.79 Å². The van der Waals surface area contributed by atoms with Gasteiger partial charge in [-0.1, -0.05) is 0 Å². The van der Waals surface area contributed by atoms with E-state index in [1.54, 1.807) is 13.0 Å². The number of nitrogens with zero attached hydrogens (tertiary/aromatic N) is 1. The molecule has 1 heterocycles. The molecule has 106 valence electrons. The molecule has 0 bridgehead atoms. The first-order valence-electron chi connectivity index (χ1n) is 5.89. The summed E-state index contributed by atoms with van der Waals surface area (Å²) in [6, 6.07) is 2.81. The Kier molecular flexibility index (Phi) is 6.52. The van der Waals surface area contributed by atoms with Crippen LogP contribution in [0, 0.1) is 0 Å². The molecule has 0 unspecified atom stereocenters. The lowest BCUT2D eigenvalue weighted by Crippen LogP contribution is -2.22. The molecule has 0 saturated heterocycles. The summed E-state index contributed by atoms with van der Waals surface area (Å²) < 4.78 is 11.6. The summed E-state index contributed by atoms with van der Waals surface area (Å²) in [6.07, 6.45) is 5.71. The van der Waals surface area contributed by atoms with E-state index >= 15 is 0 Å². The van der Waals surface area contributed by atoms with Crippen molar-refractivity contribution >= 4 is 21.8 Å². The van der Waals surface area contributed by atoms with Gasteiger partial charge in [-0.2, -0.15) is 10.5 Å². The van der Waals surface area contributed by atoms with Gasteiger partial charge in [0, 0.05) is 12.3 Å². The monoisotopic (exact) mass is 285 g/mol. The van der Waals surface area contributed by atoms with Crippen molar-refractivity contribution in [1.29, 1.82) is 0 Å². The van der Waals surface area contributed by atoms with Crippen LogP contribution in [0.5, 0.6) is 0 Å². The molecule has 1 aromatic rings. The molecule has 0 N–H and O–H groups in total. The number of carbonyl (C=O) groups excluding carboxylic acids is 1. The van der Waals surface area contributed by atoms with Crippen molar-refractivity contribution in [3.8, 4) is 0 Å². The third-order valence-electron chi connectivity index (χ3n) is 2.26. The van der Waals surface area contributed by atoms with E-state index in [0.29, 0.717) is 6.61 Å². The number of hydrogen-bond acceptors (Lipinski definition) is 4. The van der Waals surface area contributed by atoms with E-state index in [0.717, 1.165) is 0 Å². The maximum atomic E-state index is 11.7. The molecule has 1 rings (SSSR count). The van der Waals surface area contributed by atoms with Gasteiger partial charge in [0.2, 0.25) is 0 Å². The lowest BCUT2D eigenvalue weighted by Gasteiger charge is -2.07. The molecule has 6 heteroatoms. The molecule has 0 aliphatic carbocycles. The quantitative estimate of drug-likeness (QED) is 0.449. The van der Waals surface area contributed by atoms with E-state index in [4.69, 9.17) is 9.47 Å². The van der Waals surface area contributed by atoms with Crippen molar-refractivity contribution in [2.24, 2.45) is 0 Å². The van der Waals surface area contributed by atoms with Crippen LogP contribution in [0.15, 0.2) is 23.1 Å². The highest BCUT2D eigenvalue weighted by molar-refractivity contribution is 8.13. The average Bonchev–Trinajstić information content (AvgIpc) is 2.36. The van der Waals surface area contributed by atoms with Crippen LogP contribution in [-0.4, -0.2) is 41.6 Å². The van der Waals surface area contributed by atoms with E-state index in [9.17, 15) is 9.59 Å². The molecular weight excluding hydrogens is 266 g/mol. The normalized spacial score (nSPS) is 10.5. The predicted molar refractivity (Wildman–Crippen MR) is 78.1 cm³/mol. The van der Waals surface area contributed by atoms with Crippen LogP contribution in [0.1, 0.15) is 17.3 Å². The van der Waals surface area contributed by atoms with Gasteiger partial charge >= 0.3 is 5.97 Å². The van der Waals surface area contributed by atoms with Gasteiger partial charge < -0.3 is 9.47 Å². The van der Waals surface area contributed by atoms with Gasteiger partial charge in [-0.15, -0.1) is 0 Å². The highest BCUT2D eigenvalue weighted by Gasteiger charge is 2.07. The number of rotatable bonds is 6. The van der Waals surface area contributed by atoms with Gasteiger partial charge in [0.1, 0.15) is 6.73 Å². The Hall–Kier alpha value is -1.40. The largest absolute Gasteiger partial charge is 0.462 e. The Labute approximate surface area is 115 Å². The van der Waals surface area contributed by atoms with Crippen LogP contribution in [0.3, 0.4) is 0 Å². The summed E-state index contributed by atoms with van der Waals surface area (Å²) in [5.74, 6) is -0.484. The molecule has 19 heavy (non-hydrogen) atoms. The van der Waals surface area contributed by atoms with Crippen LogP contribution in [0.2, 0.25) is 0 Å². The predicted octanol–water partition coefficient (Wildman–Crippen LogP) is 1.33. The van der Waals surface area contributed by atoms with Crippen LogP contribution < -0.4 is 5.56 Å². The molecule has 0 radical (unpaired) electrons. The molecule has 0 fully saturated rings. The molecular formula is C13H19NO4S. The Morgan fingerprint density at radius 1 is 1.47 bits per heavy atom. The molecule has 0 aliphatic rings. The molecule has 0 atom stereocenters. The lowest BCUT2D eigenvalue weighted by molar-refractivity contribution is 0.0525. The molecule has 0 spiro atoms. The van der Waals surface area contributed by atoms with Gasteiger partial charge in [-0.3, -0.25) is 9.36 Å². The number of pyridine rings is 1. The van der Waals surface area contributed by atoms with Crippen molar-refractivity contribution in [1.82, 2.24) is 4.57 Å². The number of ether oxygens (including phenoxy) is 2. The average molecular weight is 285 g/mol. The van der Waals surface area contributed by atoms with Crippen molar-refractivity contribution in [3.63, 3.8) is 0 Å². The molecule has 0 aromatic carbocycles. The summed E-state index contributed by atoms with van der Waals surface area (Å²) >= 11 is 0. The molecule has 0 amide bonds. The third-order valence-corrected chi connectivity index (χ3v) is 3.06. The minimum Gasteiger partial charge on any atom is -0.462 e. The second-order valence-corrected chi connectivity index (χ2v) is 6.08. The third kappa shape index (κ3) is 5.40. The Balaban J connectivity index is 2.65. The zero-order chi connectivity index (χ0) is 14.3. The fourth-order valence-electron chi connectivity index (χ4n) is 1.29. The first kappa shape index (κ1) is 15.7. The van der Waals surface area contributed by atoms with Crippen LogP contribution in [0.25, 0.3) is 0 Å². The zero-order valence-electron chi connectivity index (χ0n) is 11.4. The van der Waals surface area contributed by atoms with Gasteiger partial charge in [0.05, 0.1) is 18.8 Å². The fourth-order valence-corrected chi connectivity index (χ4v) is 1.66. The van der Waals surface area contributed by atoms with Gasteiger partial charge in [0.15, 0.2) is 0 Å². The van der Waals surface area contributed by atoms with E-state index in [1.807, 2.05) is 5.37 Å². The van der Waals surface area contributed by atoms with E-state index < -0.39 is 5.97 Å². The maximum absolute atomic E-state index is 11.7. The van der Waals surface area contributed by atoms with Gasteiger partial charge in [-0.05, 0) is 30.9 Å². The van der Waals surface area contributed by atoms with Crippen molar-refractivity contribution in [3.05, 3.63) is 34.2 Å². The van der Waals surface area contributed by atoms with Gasteiger partial charge in [0.25, 0.3) is 5.56 Å². The smallest absolute Gasteiger partial charge is 0.338 e. The highest BCUT2D eigenvalue weighted by atomic mass is 32.2. The number of aromatic nitrogens is 1. The zero-order valence-corrected chi connectivity index (χ0v) is 12.2. The summed E-state index contributed by atoms with van der Waals surface area (Å²) in [6.45, 7) is 2.69. The minimum atomic E-state index is -0.484. The lowest BCUT2D eigenvalue weighted by atomic mass is 10.3. The Morgan fingerprint density at radius 2 is 2.21 bits per heavy atom. The standard InChI is InChI=1S/C13H19NO4S/c1-4-18-13(16)11-5-6-14(12(15)9-11)10-17-7-8-19(2)3/h5-6,8-9H,4,7,10H2,1-3H3. The topological polar surface area (TPSA) is 57.5 Å². The molecule has 0 aliphatic heterocycles. The maximum Gasteiger partial charge on any atom is 0.338 e. The first-order chi connectivity index (χ1) is 9.04. The first-order valence-corrected chi connectivity index (χ1v) is 8.00. The fraction of sp³-hybridized carbons (Fsp3) is 0.462. The van der Waals surface area contributed by atoms with E-state index in [1.165, 1.54) is 16.8 Å². The second kappa shape index (κ2) is 7.91. The summed E-state index contributed by atoms with van der Waals surface area (Å²) in [5, 5.41) is 2.04. The summed E-state index contributed by atoms with van der Waals surface area (Å²) in [5.41, 5.74) is -0.0177. The van der Waals surface area contributed by atoms with Crippen molar-refractivity contribution < 1.29 is 14.3 Å². The minimum absolute atomic E-state index is 0.176. The Morgan fingerprint density at radius 3 is 2.79 bits per heavy atom. The summed E-state index contributed by atoms with van der Waals surface area (Å²) in [4.78, 5) is 23.2. The SMILES string of the molecule is CCOC(=O)c1ccn(COCC=S(C)C)c(=O)c1. The van der Waals surface area contributed by atoms with Crippen LogP contribution in [-0.2, 0) is 16.2 Å². The Bertz CT molecular complexity index is 518. The molecule has 0 saturated carbocycles. The van der Waals surface area contributed by atoms with E-state index in [2.05, 4.69) is 12.5 Å². The molecule has 1 aromatic heterocycles. The van der Waals surface area contributed by atoms with Crippen molar-refractivity contribution in [2.75, 3.05) is 25.7 Å². The second-order valence-electron chi connectivity index (χ2n) is 3.99. The van der Waals surface area contributed by atoms with E-state index in [-0.39, 0.29) is 34.9 Å². The molecule has 5 nitrogen and oxygen atoms in total. The van der Waals surface area contributed by atoms with Crippen molar-refractivity contribution in [2.45, 2.75) is 13.7 Å². The van der Waals surface area contributed by atoms with Crippen LogP contribution >= 0.6 is 10.5 Å². The number of carbonyl (C=O) groups is 1. The highest BCUT2D eigenvalue weighted by Crippen LogP contribution is 1.99. The number of esters is 1. The summed E-state index contributed by atoms with van der Waals surface area (Å²) in [7, 11) is 0.210.